The molecule has 3 fully saturated rings. The molecule has 0 aliphatic carbocycles. The second-order valence-corrected chi connectivity index (χ2v) is 8.76. The first-order valence-corrected chi connectivity index (χ1v) is 10.9. The largest absolute Gasteiger partial charge is 0.381 e. The molecule has 156 valence electrons. The van der Waals surface area contributed by atoms with Crippen LogP contribution in [-0.4, -0.2) is 72.8 Å². The highest BCUT2D eigenvalue weighted by Crippen LogP contribution is 2.43. The molecule has 0 bridgehead atoms. The number of likely N-dealkylation sites (tertiary alicyclic amines) is 2. The molecule has 7 heteroatoms. The molecular formula is C21H34N4O3. The number of nitrogens with one attached hydrogen (secondary N) is 1. The maximum atomic E-state index is 13.5. The number of carbonyl (C=O) groups is 1. The van der Waals surface area contributed by atoms with Crippen molar-refractivity contribution in [3.8, 4) is 0 Å². The standard InChI is InChI=1S/C21H34N4O3/c1-3-16-13-18(28-23-16)14-25-9-4-7-21(8-10-24(2)15-19(21)25)20(26)22-17-5-11-27-12-6-17/h13,17,19H,3-12,14-15H2,1-2H3,(H,22,26)/t19-,21+/m0/s1. The summed E-state index contributed by atoms with van der Waals surface area (Å²) in [7, 11) is 2.16. The van der Waals surface area contributed by atoms with Gasteiger partial charge in [0.25, 0.3) is 0 Å². The quantitative estimate of drug-likeness (QED) is 0.827. The van der Waals surface area contributed by atoms with Crippen molar-refractivity contribution in [1.82, 2.24) is 20.3 Å². The van der Waals surface area contributed by atoms with Crippen molar-refractivity contribution in [2.24, 2.45) is 5.41 Å². The van der Waals surface area contributed by atoms with Crippen LogP contribution < -0.4 is 5.32 Å². The highest BCUT2D eigenvalue weighted by molar-refractivity contribution is 5.84. The third-order valence-electron chi connectivity index (χ3n) is 6.91. The molecule has 0 aromatic carbocycles. The summed E-state index contributed by atoms with van der Waals surface area (Å²) in [4.78, 5) is 18.4. The van der Waals surface area contributed by atoms with E-state index in [9.17, 15) is 4.79 Å². The highest BCUT2D eigenvalue weighted by Gasteiger charge is 2.52. The van der Waals surface area contributed by atoms with Crippen molar-refractivity contribution >= 4 is 5.91 Å². The van der Waals surface area contributed by atoms with Gasteiger partial charge in [-0.1, -0.05) is 12.1 Å². The van der Waals surface area contributed by atoms with Gasteiger partial charge < -0.3 is 19.5 Å². The molecule has 1 aromatic heterocycles. The Balaban J connectivity index is 1.52. The second-order valence-electron chi connectivity index (χ2n) is 8.76. The third kappa shape index (κ3) is 3.98. The second kappa shape index (κ2) is 8.51. The Morgan fingerprint density at radius 1 is 1.32 bits per heavy atom. The van der Waals surface area contributed by atoms with Gasteiger partial charge in [0.15, 0.2) is 5.76 Å². The fourth-order valence-corrected chi connectivity index (χ4v) is 5.16. The lowest BCUT2D eigenvalue weighted by atomic mass is 9.67. The molecule has 3 saturated heterocycles. The van der Waals surface area contributed by atoms with E-state index >= 15 is 0 Å². The first-order chi connectivity index (χ1) is 13.6. The lowest BCUT2D eigenvalue weighted by molar-refractivity contribution is -0.146. The molecule has 3 aliphatic heterocycles. The Morgan fingerprint density at radius 2 is 2.14 bits per heavy atom. The van der Waals surface area contributed by atoms with Gasteiger partial charge >= 0.3 is 0 Å². The minimum atomic E-state index is -0.295. The number of fused-ring (bicyclic) bond motifs is 1. The Kier molecular flexibility index (Phi) is 6.04. The number of carbonyl (C=O) groups excluding carboxylic acids is 1. The molecule has 0 spiro atoms. The lowest BCUT2D eigenvalue weighted by Crippen LogP contribution is -2.65. The number of aromatic nitrogens is 1. The summed E-state index contributed by atoms with van der Waals surface area (Å²) in [6.07, 6.45) is 5.69. The van der Waals surface area contributed by atoms with Crippen LogP contribution in [0.5, 0.6) is 0 Å². The van der Waals surface area contributed by atoms with Gasteiger partial charge in [-0.25, -0.2) is 0 Å². The maximum Gasteiger partial charge on any atom is 0.228 e. The van der Waals surface area contributed by atoms with Gasteiger partial charge in [-0.2, -0.15) is 0 Å². The van der Waals surface area contributed by atoms with E-state index in [0.717, 1.165) is 89.4 Å². The molecule has 1 amide bonds. The number of hydrogen-bond acceptors (Lipinski definition) is 6. The highest BCUT2D eigenvalue weighted by atomic mass is 16.5. The van der Waals surface area contributed by atoms with Gasteiger partial charge in [0, 0.05) is 37.9 Å². The summed E-state index contributed by atoms with van der Waals surface area (Å²) in [5.74, 6) is 1.17. The van der Waals surface area contributed by atoms with Gasteiger partial charge in [0.2, 0.25) is 5.91 Å². The monoisotopic (exact) mass is 390 g/mol. The molecule has 4 rings (SSSR count). The van der Waals surface area contributed by atoms with Crippen LogP contribution >= 0.6 is 0 Å². The zero-order chi connectivity index (χ0) is 19.6. The summed E-state index contributed by atoms with van der Waals surface area (Å²) in [6.45, 7) is 7.24. The summed E-state index contributed by atoms with van der Waals surface area (Å²) in [5.41, 5.74) is 0.702. The summed E-state index contributed by atoms with van der Waals surface area (Å²) >= 11 is 0. The van der Waals surface area contributed by atoms with E-state index in [4.69, 9.17) is 9.26 Å². The van der Waals surface area contributed by atoms with Crippen LogP contribution in [0.3, 0.4) is 0 Å². The zero-order valence-corrected chi connectivity index (χ0v) is 17.3. The van der Waals surface area contributed by atoms with Gasteiger partial charge in [0.1, 0.15) is 0 Å². The SMILES string of the molecule is CCc1cc(CN2CCC[C@@]3(C(=O)NC4CCOCC4)CCN(C)C[C@H]23)on1. The van der Waals surface area contributed by atoms with Crippen LogP contribution in [0.25, 0.3) is 0 Å². The van der Waals surface area contributed by atoms with E-state index in [1.165, 1.54) is 0 Å². The van der Waals surface area contributed by atoms with Crippen LogP contribution in [0.1, 0.15) is 50.5 Å². The molecule has 1 N–H and O–H groups in total. The van der Waals surface area contributed by atoms with Crippen LogP contribution in [0.2, 0.25) is 0 Å². The smallest absolute Gasteiger partial charge is 0.228 e. The van der Waals surface area contributed by atoms with Crippen molar-refractivity contribution in [2.45, 2.75) is 64.1 Å². The van der Waals surface area contributed by atoms with Crippen LogP contribution in [0, 0.1) is 5.41 Å². The number of aryl methyl sites for hydroxylation is 1. The van der Waals surface area contributed by atoms with Crippen LogP contribution in [-0.2, 0) is 22.5 Å². The summed E-state index contributed by atoms with van der Waals surface area (Å²) < 4.78 is 11.0. The van der Waals surface area contributed by atoms with Gasteiger partial charge in [-0.3, -0.25) is 9.69 Å². The van der Waals surface area contributed by atoms with Crippen LogP contribution in [0.15, 0.2) is 10.6 Å². The Hall–Kier alpha value is -1.44. The zero-order valence-electron chi connectivity index (χ0n) is 17.3. The normalized spacial score (nSPS) is 30.1. The minimum absolute atomic E-state index is 0.218. The van der Waals surface area contributed by atoms with E-state index in [2.05, 4.69) is 40.3 Å². The number of amides is 1. The van der Waals surface area contributed by atoms with Crippen molar-refractivity contribution in [3.63, 3.8) is 0 Å². The minimum Gasteiger partial charge on any atom is -0.381 e. The number of nitrogens with zero attached hydrogens (tertiary/aromatic N) is 3. The van der Waals surface area contributed by atoms with Gasteiger partial charge in [0.05, 0.1) is 17.7 Å². The predicted octanol–water partition coefficient (Wildman–Crippen LogP) is 1.82. The van der Waals surface area contributed by atoms with E-state index in [-0.39, 0.29) is 23.4 Å². The number of ether oxygens (including phenoxy) is 1. The molecule has 0 unspecified atom stereocenters. The molecule has 4 heterocycles. The van der Waals surface area contributed by atoms with Crippen molar-refractivity contribution in [3.05, 3.63) is 17.5 Å². The Morgan fingerprint density at radius 3 is 2.89 bits per heavy atom. The molecular weight excluding hydrogens is 356 g/mol. The lowest BCUT2D eigenvalue weighted by Gasteiger charge is -2.53. The van der Waals surface area contributed by atoms with E-state index in [1.54, 1.807) is 0 Å². The maximum absolute atomic E-state index is 13.5. The van der Waals surface area contributed by atoms with Crippen LogP contribution in [0.4, 0.5) is 0 Å². The number of likely N-dealkylation sites (N-methyl/N-ethyl adjacent to an activating group) is 1. The molecule has 28 heavy (non-hydrogen) atoms. The average Bonchev–Trinajstić information content (AvgIpc) is 3.17. The topological polar surface area (TPSA) is 70.8 Å². The van der Waals surface area contributed by atoms with E-state index in [0.29, 0.717) is 0 Å². The molecule has 0 saturated carbocycles. The molecule has 1 aromatic rings. The first-order valence-electron chi connectivity index (χ1n) is 10.9. The molecule has 2 atom stereocenters. The Labute approximate surface area is 167 Å². The predicted molar refractivity (Wildman–Crippen MR) is 106 cm³/mol. The molecule has 7 nitrogen and oxygen atoms in total. The van der Waals surface area contributed by atoms with Crippen molar-refractivity contribution in [2.75, 3.05) is 39.9 Å². The number of rotatable bonds is 5. The molecule has 0 radical (unpaired) electrons. The average molecular weight is 391 g/mol. The molecule has 3 aliphatic rings. The van der Waals surface area contributed by atoms with E-state index < -0.39 is 0 Å². The number of hydrogen-bond donors (Lipinski definition) is 1. The fraction of sp³-hybridized carbons (Fsp3) is 0.810. The third-order valence-corrected chi connectivity index (χ3v) is 6.91. The summed E-state index contributed by atoms with van der Waals surface area (Å²) in [6, 6.07) is 2.54. The fourth-order valence-electron chi connectivity index (χ4n) is 5.16. The van der Waals surface area contributed by atoms with Gasteiger partial charge in [-0.05, 0) is 58.7 Å². The van der Waals surface area contributed by atoms with Crippen molar-refractivity contribution < 1.29 is 14.1 Å². The van der Waals surface area contributed by atoms with Gasteiger partial charge in [-0.15, -0.1) is 0 Å². The van der Waals surface area contributed by atoms with E-state index in [1.807, 2.05) is 0 Å². The van der Waals surface area contributed by atoms with Crippen molar-refractivity contribution in [1.29, 1.82) is 0 Å². The first kappa shape index (κ1) is 19.9. The number of piperidine rings is 2. The Bertz CT molecular complexity index is 672. The summed E-state index contributed by atoms with van der Waals surface area (Å²) in [5, 5.41) is 7.54.